The average molecular weight is 210 g/mol. The van der Waals surface area contributed by atoms with Gasteiger partial charge in [0.15, 0.2) is 0 Å². The van der Waals surface area contributed by atoms with Crippen molar-refractivity contribution >= 4 is 0 Å². The second-order valence-electron chi connectivity index (χ2n) is 4.41. The highest BCUT2D eigenvalue weighted by molar-refractivity contribution is 4.97. The predicted octanol–water partition coefficient (Wildman–Crippen LogP) is 2.10. The summed E-state index contributed by atoms with van der Waals surface area (Å²) in [4.78, 5) is 2.29. The molecular weight excluding hydrogens is 188 g/mol. The van der Waals surface area contributed by atoms with Crippen LogP contribution in [0.15, 0.2) is 22.8 Å². The van der Waals surface area contributed by atoms with Crippen LogP contribution in [0.1, 0.15) is 26.5 Å². The largest absolute Gasteiger partial charge is 0.468 e. The van der Waals surface area contributed by atoms with Crippen molar-refractivity contribution in [2.75, 3.05) is 13.6 Å². The van der Waals surface area contributed by atoms with E-state index in [4.69, 9.17) is 4.42 Å². The predicted molar refractivity (Wildman–Crippen MR) is 62.8 cm³/mol. The van der Waals surface area contributed by atoms with Crippen LogP contribution in [0.25, 0.3) is 0 Å². The van der Waals surface area contributed by atoms with E-state index in [-0.39, 0.29) is 0 Å². The van der Waals surface area contributed by atoms with Crippen LogP contribution in [0.3, 0.4) is 0 Å². The van der Waals surface area contributed by atoms with Gasteiger partial charge in [-0.15, -0.1) is 0 Å². The van der Waals surface area contributed by atoms with Gasteiger partial charge in [-0.1, -0.05) is 13.8 Å². The molecule has 0 radical (unpaired) electrons. The number of nitrogens with zero attached hydrogens (tertiary/aromatic N) is 1. The first-order chi connectivity index (χ1) is 7.09. The maximum atomic E-state index is 5.32. The maximum absolute atomic E-state index is 5.32. The minimum Gasteiger partial charge on any atom is -0.468 e. The molecule has 0 aliphatic carbocycles. The summed E-state index contributed by atoms with van der Waals surface area (Å²) in [5.41, 5.74) is 0. The van der Waals surface area contributed by atoms with Crippen molar-refractivity contribution in [3.63, 3.8) is 0 Å². The molecule has 0 spiro atoms. The van der Waals surface area contributed by atoms with E-state index in [9.17, 15) is 0 Å². The summed E-state index contributed by atoms with van der Waals surface area (Å²) in [5.74, 6) is 1.02. The number of likely N-dealkylation sites (N-methyl/N-ethyl adjacent to an activating group) is 1. The Balaban J connectivity index is 2.30. The lowest BCUT2D eigenvalue weighted by Gasteiger charge is -2.24. The van der Waals surface area contributed by atoms with Gasteiger partial charge in [-0.25, -0.2) is 0 Å². The molecule has 0 fully saturated rings. The summed E-state index contributed by atoms with van der Waals surface area (Å²) in [6.45, 7) is 8.43. The van der Waals surface area contributed by atoms with Gasteiger partial charge in [-0.2, -0.15) is 0 Å². The minimum absolute atomic E-state index is 0.512. The monoisotopic (exact) mass is 210 g/mol. The second-order valence-corrected chi connectivity index (χ2v) is 4.41. The molecular formula is C12H22N2O. The molecule has 1 heterocycles. The van der Waals surface area contributed by atoms with E-state index in [2.05, 4.69) is 38.0 Å². The normalized spacial score (nSPS) is 13.7. The molecule has 15 heavy (non-hydrogen) atoms. The van der Waals surface area contributed by atoms with Crippen LogP contribution >= 0.6 is 0 Å². The van der Waals surface area contributed by atoms with Crippen molar-refractivity contribution in [2.45, 2.75) is 39.4 Å². The van der Waals surface area contributed by atoms with Crippen molar-refractivity contribution in [1.82, 2.24) is 10.2 Å². The molecule has 0 amide bonds. The van der Waals surface area contributed by atoms with Crippen molar-refractivity contribution in [1.29, 1.82) is 0 Å². The third kappa shape index (κ3) is 4.49. The van der Waals surface area contributed by atoms with Gasteiger partial charge < -0.3 is 9.73 Å². The summed E-state index contributed by atoms with van der Waals surface area (Å²) in [6, 6.07) is 5.00. The number of nitrogens with one attached hydrogen (secondary N) is 1. The van der Waals surface area contributed by atoms with E-state index in [1.54, 1.807) is 6.26 Å². The van der Waals surface area contributed by atoms with E-state index in [0.717, 1.165) is 18.8 Å². The molecule has 0 saturated carbocycles. The molecule has 86 valence electrons. The average Bonchev–Trinajstić information content (AvgIpc) is 2.66. The standard InChI is InChI=1S/C12H22N2O/c1-10(2)13-8-11(3)14(4)9-12-6-5-7-15-12/h5-7,10-11,13H,8-9H2,1-4H3. The van der Waals surface area contributed by atoms with Gasteiger partial charge >= 0.3 is 0 Å². The zero-order valence-electron chi connectivity index (χ0n) is 10.2. The first kappa shape index (κ1) is 12.3. The third-order valence-electron chi connectivity index (χ3n) is 2.56. The van der Waals surface area contributed by atoms with Crippen LogP contribution < -0.4 is 5.32 Å². The van der Waals surface area contributed by atoms with E-state index >= 15 is 0 Å². The first-order valence-electron chi connectivity index (χ1n) is 5.55. The Morgan fingerprint density at radius 3 is 2.67 bits per heavy atom. The molecule has 1 aromatic rings. The molecule has 1 N–H and O–H groups in total. The Labute approximate surface area is 92.5 Å². The van der Waals surface area contributed by atoms with Gasteiger partial charge in [0.05, 0.1) is 12.8 Å². The highest BCUT2D eigenvalue weighted by Gasteiger charge is 2.10. The summed E-state index contributed by atoms with van der Waals surface area (Å²) >= 11 is 0. The smallest absolute Gasteiger partial charge is 0.117 e. The molecule has 1 rings (SSSR count). The second kappa shape index (κ2) is 5.93. The zero-order valence-corrected chi connectivity index (χ0v) is 10.2. The molecule has 1 aromatic heterocycles. The number of hydrogen-bond acceptors (Lipinski definition) is 3. The van der Waals surface area contributed by atoms with E-state index in [1.165, 1.54) is 0 Å². The van der Waals surface area contributed by atoms with Gasteiger partial charge in [0.25, 0.3) is 0 Å². The summed E-state index contributed by atoms with van der Waals surface area (Å²) in [5, 5.41) is 3.43. The van der Waals surface area contributed by atoms with Crippen molar-refractivity contribution < 1.29 is 4.42 Å². The summed E-state index contributed by atoms with van der Waals surface area (Å²) < 4.78 is 5.32. The maximum Gasteiger partial charge on any atom is 0.117 e. The number of rotatable bonds is 6. The van der Waals surface area contributed by atoms with E-state index in [0.29, 0.717) is 12.1 Å². The Bertz CT molecular complexity index is 257. The molecule has 0 aromatic carbocycles. The molecule has 3 nitrogen and oxygen atoms in total. The van der Waals surface area contributed by atoms with E-state index < -0.39 is 0 Å². The number of furan rings is 1. The van der Waals surface area contributed by atoms with Crippen LogP contribution in [-0.4, -0.2) is 30.6 Å². The molecule has 0 aliphatic rings. The topological polar surface area (TPSA) is 28.4 Å². The minimum atomic E-state index is 0.512. The summed E-state index contributed by atoms with van der Waals surface area (Å²) in [6.07, 6.45) is 1.72. The quantitative estimate of drug-likeness (QED) is 0.779. The van der Waals surface area contributed by atoms with Crippen LogP contribution in [0, 0.1) is 0 Å². The molecule has 0 saturated heterocycles. The lowest BCUT2D eigenvalue weighted by molar-refractivity contribution is 0.222. The van der Waals surface area contributed by atoms with Crippen LogP contribution in [0.2, 0.25) is 0 Å². The van der Waals surface area contributed by atoms with Gasteiger partial charge in [-0.3, -0.25) is 4.90 Å². The van der Waals surface area contributed by atoms with Crippen LogP contribution in [0.4, 0.5) is 0 Å². The van der Waals surface area contributed by atoms with Gasteiger partial charge in [0, 0.05) is 18.6 Å². The highest BCUT2D eigenvalue weighted by Crippen LogP contribution is 2.06. The molecule has 0 aliphatic heterocycles. The van der Waals surface area contributed by atoms with Crippen molar-refractivity contribution in [3.05, 3.63) is 24.2 Å². The molecule has 1 unspecified atom stereocenters. The molecule has 3 heteroatoms. The zero-order chi connectivity index (χ0) is 11.3. The van der Waals surface area contributed by atoms with Crippen molar-refractivity contribution in [3.8, 4) is 0 Å². The SMILES string of the molecule is CC(C)NCC(C)N(C)Cc1ccco1. The lowest BCUT2D eigenvalue weighted by Crippen LogP contribution is -2.39. The highest BCUT2D eigenvalue weighted by atomic mass is 16.3. The fraction of sp³-hybridized carbons (Fsp3) is 0.667. The van der Waals surface area contributed by atoms with Gasteiger partial charge in [0.1, 0.15) is 5.76 Å². The Morgan fingerprint density at radius 1 is 1.40 bits per heavy atom. The molecule has 1 atom stereocenters. The molecule has 0 bridgehead atoms. The third-order valence-corrected chi connectivity index (χ3v) is 2.56. The Kier molecular flexibility index (Phi) is 4.85. The number of hydrogen-bond donors (Lipinski definition) is 1. The summed E-state index contributed by atoms with van der Waals surface area (Å²) in [7, 11) is 2.12. The van der Waals surface area contributed by atoms with E-state index in [1.807, 2.05) is 12.1 Å². The van der Waals surface area contributed by atoms with Crippen molar-refractivity contribution in [2.24, 2.45) is 0 Å². The lowest BCUT2D eigenvalue weighted by atomic mass is 10.2. The van der Waals surface area contributed by atoms with Gasteiger partial charge in [-0.05, 0) is 26.1 Å². The fourth-order valence-corrected chi connectivity index (χ4v) is 1.37. The van der Waals surface area contributed by atoms with Gasteiger partial charge in [0.2, 0.25) is 0 Å². The van der Waals surface area contributed by atoms with Crippen LogP contribution in [-0.2, 0) is 6.54 Å². The Hall–Kier alpha value is -0.800. The Morgan fingerprint density at radius 2 is 2.13 bits per heavy atom. The fourth-order valence-electron chi connectivity index (χ4n) is 1.37. The first-order valence-corrected chi connectivity index (χ1v) is 5.55. The van der Waals surface area contributed by atoms with Crippen LogP contribution in [0.5, 0.6) is 0 Å².